The molecule has 0 radical (unpaired) electrons. The monoisotopic (exact) mass is 469 g/mol. The van der Waals surface area contributed by atoms with Gasteiger partial charge in [-0.05, 0) is 73.0 Å². The number of phenolic OH excluding ortho intramolecular Hbond substituents is 1. The Morgan fingerprint density at radius 2 is 1.45 bits per heavy atom. The van der Waals surface area contributed by atoms with E-state index < -0.39 is 15.7 Å². The number of benzene rings is 3. The number of nitrogens with one attached hydrogen (secondary N) is 1. The Labute approximate surface area is 193 Å². The van der Waals surface area contributed by atoms with Crippen LogP contribution in [0.15, 0.2) is 64.4 Å². The molecule has 1 amide bonds. The van der Waals surface area contributed by atoms with Crippen molar-refractivity contribution in [3.63, 3.8) is 0 Å². The molecule has 0 atom stereocenters. The number of ether oxygens (including phenoxy) is 2. The summed E-state index contributed by atoms with van der Waals surface area (Å²) in [5.74, 6) is 0.0711. The summed E-state index contributed by atoms with van der Waals surface area (Å²) in [5, 5.41) is 13.6. The van der Waals surface area contributed by atoms with Crippen LogP contribution >= 0.6 is 0 Å². The van der Waals surface area contributed by atoms with E-state index in [1.165, 1.54) is 26.4 Å². The highest BCUT2D eigenvalue weighted by atomic mass is 32.2. The van der Waals surface area contributed by atoms with Gasteiger partial charge in [0.05, 0.1) is 19.1 Å². The fraction of sp³-hybridized carbons (Fsp3) is 0.240. The van der Waals surface area contributed by atoms with Crippen LogP contribution in [0.25, 0.3) is 0 Å². The van der Waals surface area contributed by atoms with Gasteiger partial charge in [-0.1, -0.05) is 13.8 Å². The summed E-state index contributed by atoms with van der Waals surface area (Å²) in [7, 11) is -1.07. The van der Waals surface area contributed by atoms with E-state index in [0.29, 0.717) is 33.9 Å². The zero-order chi connectivity index (χ0) is 24.3. The number of sulfone groups is 1. The predicted molar refractivity (Wildman–Crippen MR) is 126 cm³/mol. The van der Waals surface area contributed by atoms with Crippen molar-refractivity contribution < 1.29 is 27.8 Å². The second-order valence-electron chi connectivity index (χ2n) is 7.85. The quantitative estimate of drug-likeness (QED) is 0.476. The number of aromatic hydroxyl groups is 1. The standard InChI is InChI=1S/C25H27NO6S/c1-15(2)22-21(26-25(28)17-6-8-18(31-4)9-7-17)14-16(3)23(27)24(22)33(29,30)20-12-10-19(32-5)11-13-20/h6-15,27H,1-5H3,(H,26,28). The fourth-order valence-electron chi connectivity index (χ4n) is 3.55. The minimum atomic E-state index is -4.10. The largest absolute Gasteiger partial charge is 0.506 e. The van der Waals surface area contributed by atoms with E-state index in [2.05, 4.69) is 5.32 Å². The molecule has 0 aliphatic rings. The Morgan fingerprint density at radius 3 is 1.94 bits per heavy atom. The van der Waals surface area contributed by atoms with Crippen molar-refractivity contribution in [2.24, 2.45) is 0 Å². The third-order valence-corrected chi connectivity index (χ3v) is 7.14. The summed E-state index contributed by atoms with van der Waals surface area (Å²) >= 11 is 0. The number of methoxy groups -OCH3 is 2. The van der Waals surface area contributed by atoms with E-state index in [1.54, 1.807) is 63.2 Å². The summed E-state index contributed by atoms with van der Waals surface area (Å²) in [4.78, 5) is 12.7. The molecule has 0 fully saturated rings. The molecule has 0 heterocycles. The number of rotatable bonds is 7. The van der Waals surface area contributed by atoms with E-state index in [-0.39, 0.29) is 21.5 Å². The molecule has 0 aromatic heterocycles. The van der Waals surface area contributed by atoms with Gasteiger partial charge in [0.25, 0.3) is 5.91 Å². The van der Waals surface area contributed by atoms with Crippen LogP contribution in [0.5, 0.6) is 17.2 Å². The summed E-state index contributed by atoms with van der Waals surface area (Å²) in [6, 6.07) is 14.1. The van der Waals surface area contributed by atoms with Crippen LogP contribution in [0.1, 0.15) is 41.3 Å². The van der Waals surface area contributed by atoms with Crippen LogP contribution < -0.4 is 14.8 Å². The number of aryl methyl sites for hydroxylation is 1. The molecule has 0 aliphatic heterocycles. The van der Waals surface area contributed by atoms with Crippen LogP contribution in [0.2, 0.25) is 0 Å². The Balaban J connectivity index is 2.13. The Hall–Kier alpha value is -3.52. The van der Waals surface area contributed by atoms with Gasteiger partial charge in [-0.25, -0.2) is 8.42 Å². The Bertz CT molecular complexity index is 1260. The summed E-state index contributed by atoms with van der Waals surface area (Å²) in [5.41, 5.74) is 1.37. The molecule has 3 rings (SSSR count). The number of carbonyl (C=O) groups is 1. The lowest BCUT2D eigenvalue weighted by Crippen LogP contribution is -2.17. The van der Waals surface area contributed by atoms with E-state index in [9.17, 15) is 18.3 Å². The molecule has 0 spiro atoms. The van der Waals surface area contributed by atoms with Crippen molar-refractivity contribution >= 4 is 21.4 Å². The molecule has 7 nitrogen and oxygen atoms in total. The van der Waals surface area contributed by atoms with Crippen molar-refractivity contribution in [2.45, 2.75) is 36.5 Å². The van der Waals surface area contributed by atoms with Crippen molar-refractivity contribution in [3.05, 3.63) is 71.3 Å². The van der Waals surface area contributed by atoms with Crippen LogP contribution in [-0.2, 0) is 9.84 Å². The lowest BCUT2D eigenvalue weighted by Gasteiger charge is -2.21. The average molecular weight is 470 g/mol. The molecular formula is C25H27NO6S. The molecule has 0 saturated carbocycles. The van der Waals surface area contributed by atoms with Crippen molar-refractivity contribution in [2.75, 3.05) is 19.5 Å². The minimum absolute atomic E-state index is 0.0125. The smallest absolute Gasteiger partial charge is 0.255 e. The zero-order valence-electron chi connectivity index (χ0n) is 19.2. The van der Waals surface area contributed by atoms with E-state index in [0.717, 1.165) is 0 Å². The number of hydrogen-bond acceptors (Lipinski definition) is 6. The maximum Gasteiger partial charge on any atom is 0.255 e. The third kappa shape index (κ3) is 4.80. The first kappa shape index (κ1) is 24.1. The maximum absolute atomic E-state index is 13.6. The van der Waals surface area contributed by atoms with Crippen LogP contribution in [-0.4, -0.2) is 33.7 Å². The average Bonchev–Trinajstić information content (AvgIpc) is 2.80. The summed E-state index contributed by atoms with van der Waals surface area (Å²) < 4.78 is 37.4. The Kier molecular flexibility index (Phi) is 6.98. The lowest BCUT2D eigenvalue weighted by atomic mass is 9.98. The normalized spacial score (nSPS) is 11.3. The first-order chi connectivity index (χ1) is 15.6. The van der Waals surface area contributed by atoms with E-state index >= 15 is 0 Å². The number of phenols is 1. The van der Waals surface area contributed by atoms with Gasteiger partial charge >= 0.3 is 0 Å². The third-order valence-electron chi connectivity index (χ3n) is 5.30. The van der Waals surface area contributed by atoms with Gasteiger partial charge in [-0.2, -0.15) is 0 Å². The highest BCUT2D eigenvalue weighted by Gasteiger charge is 2.30. The number of hydrogen-bond donors (Lipinski definition) is 2. The second-order valence-corrected chi connectivity index (χ2v) is 9.74. The molecule has 33 heavy (non-hydrogen) atoms. The van der Waals surface area contributed by atoms with Gasteiger partial charge in [0.2, 0.25) is 9.84 Å². The number of anilines is 1. The SMILES string of the molecule is COc1ccc(C(=O)Nc2cc(C)c(O)c(S(=O)(=O)c3ccc(OC)cc3)c2C(C)C)cc1. The molecule has 0 saturated heterocycles. The van der Waals surface area contributed by atoms with Crippen LogP contribution in [0, 0.1) is 6.92 Å². The first-order valence-electron chi connectivity index (χ1n) is 10.3. The molecule has 3 aromatic rings. The predicted octanol–water partition coefficient (Wildman–Crippen LogP) is 4.93. The lowest BCUT2D eigenvalue weighted by molar-refractivity contribution is 0.102. The van der Waals surface area contributed by atoms with Crippen LogP contribution in [0.4, 0.5) is 5.69 Å². The number of amides is 1. The fourth-order valence-corrected chi connectivity index (χ4v) is 5.33. The van der Waals surface area contributed by atoms with Gasteiger partial charge in [-0.15, -0.1) is 0 Å². The Morgan fingerprint density at radius 1 is 0.939 bits per heavy atom. The first-order valence-corrected chi connectivity index (χ1v) is 11.8. The van der Waals surface area contributed by atoms with Gasteiger partial charge in [0.15, 0.2) is 0 Å². The molecular weight excluding hydrogens is 442 g/mol. The summed E-state index contributed by atoms with van der Waals surface area (Å²) in [6.45, 7) is 5.20. The summed E-state index contributed by atoms with van der Waals surface area (Å²) in [6.07, 6.45) is 0. The van der Waals surface area contributed by atoms with E-state index in [4.69, 9.17) is 9.47 Å². The molecule has 8 heteroatoms. The van der Waals surface area contributed by atoms with Crippen molar-refractivity contribution in [3.8, 4) is 17.2 Å². The van der Waals surface area contributed by atoms with Crippen molar-refractivity contribution in [1.29, 1.82) is 0 Å². The van der Waals surface area contributed by atoms with Gasteiger partial charge in [0.1, 0.15) is 22.1 Å². The van der Waals surface area contributed by atoms with E-state index in [1.807, 2.05) is 0 Å². The molecule has 0 unspecified atom stereocenters. The minimum Gasteiger partial charge on any atom is -0.506 e. The van der Waals surface area contributed by atoms with Gasteiger partial charge in [0, 0.05) is 16.8 Å². The van der Waals surface area contributed by atoms with Crippen molar-refractivity contribution in [1.82, 2.24) is 0 Å². The topological polar surface area (TPSA) is 102 Å². The molecule has 2 N–H and O–H groups in total. The maximum atomic E-state index is 13.6. The highest BCUT2D eigenvalue weighted by molar-refractivity contribution is 7.91. The molecule has 3 aromatic carbocycles. The second kappa shape index (κ2) is 9.54. The molecule has 174 valence electrons. The molecule has 0 aliphatic carbocycles. The van der Waals surface area contributed by atoms with Crippen LogP contribution in [0.3, 0.4) is 0 Å². The van der Waals surface area contributed by atoms with Gasteiger partial charge in [-0.3, -0.25) is 4.79 Å². The zero-order valence-corrected chi connectivity index (χ0v) is 20.0. The number of carbonyl (C=O) groups excluding carboxylic acids is 1. The molecule has 0 bridgehead atoms. The van der Waals surface area contributed by atoms with Gasteiger partial charge < -0.3 is 19.9 Å². The highest BCUT2D eigenvalue weighted by Crippen LogP contribution is 2.42.